The van der Waals surface area contributed by atoms with Crippen molar-refractivity contribution in [3.63, 3.8) is 0 Å². The lowest BCUT2D eigenvalue weighted by atomic mass is 10.1. The summed E-state index contributed by atoms with van der Waals surface area (Å²) in [6.07, 6.45) is 3.35. The Hall–Kier alpha value is -2.15. The van der Waals surface area contributed by atoms with E-state index in [0.717, 1.165) is 30.2 Å². The summed E-state index contributed by atoms with van der Waals surface area (Å²) in [6.45, 7) is 5.03. The average molecular weight is 480 g/mol. The Kier molecular flexibility index (Phi) is 8.29. The van der Waals surface area contributed by atoms with Crippen LogP contribution in [0, 0.1) is 0 Å². The first-order chi connectivity index (χ1) is 14.9. The van der Waals surface area contributed by atoms with Crippen molar-refractivity contribution in [2.24, 2.45) is 0 Å². The number of hydrogen-bond donors (Lipinski definition) is 0. The summed E-state index contributed by atoms with van der Waals surface area (Å²) in [6, 6.07) is 10.8. The number of rotatable bonds is 9. The van der Waals surface area contributed by atoms with E-state index < -0.39 is 0 Å². The molecule has 1 fully saturated rings. The lowest BCUT2D eigenvalue weighted by Gasteiger charge is -2.15. The molecule has 0 saturated carbocycles. The predicted molar refractivity (Wildman–Crippen MR) is 126 cm³/mol. The van der Waals surface area contributed by atoms with Crippen LogP contribution in [-0.4, -0.2) is 29.2 Å². The molecule has 1 heterocycles. The van der Waals surface area contributed by atoms with E-state index in [9.17, 15) is 9.59 Å². The Labute approximate surface area is 196 Å². The third-order valence-electron chi connectivity index (χ3n) is 4.53. The summed E-state index contributed by atoms with van der Waals surface area (Å²) in [5.74, 6) is 0.618. The van der Waals surface area contributed by atoms with E-state index >= 15 is 0 Å². The van der Waals surface area contributed by atoms with Gasteiger partial charge in [-0.1, -0.05) is 48.7 Å². The fourth-order valence-corrected chi connectivity index (χ4v) is 4.24. The fraction of sp³-hybridized carbons (Fsp3) is 0.304. The van der Waals surface area contributed by atoms with Crippen molar-refractivity contribution < 1.29 is 19.1 Å². The molecule has 0 aliphatic carbocycles. The number of hydrogen-bond acceptors (Lipinski definition) is 5. The van der Waals surface area contributed by atoms with Gasteiger partial charge in [0.1, 0.15) is 6.61 Å². The molecular weight excluding hydrogens is 457 g/mol. The largest absolute Gasteiger partial charge is 0.490 e. The van der Waals surface area contributed by atoms with Gasteiger partial charge in [-0.3, -0.25) is 14.5 Å². The summed E-state index contributed by atoms with van der Waals surface area (Å²) in [4.78, 5) is 26.4. The van der Waals surface area contributed by atoms with Gasteiger partial charge >= 0.3 is 0 Å². The molecule has 1 aliphatic rings. The zero-order chi connectivity index (χ0) is 22.4. The Balaban J connectivity index is 1.82. The van der Waals surface area contributed by atoms with E-state index in [4.69, 9.17) is 32.7 Å². The summed E-state index contributed by atoms with van der Waals surface area (Å²) < 4.78 is 11.6. The minimum Gasteiger partial charge on any atom is -0.490 e. The first-order valence-corrected chi connectivity index (χ1v) is 11.6. The first kappa shape index (κ1) is 23.5. The second-order valence-corrected chi connectivity index (χ2v) is 8.70. The number of benzene rings is 2. The molecular formula is C23H23Cl2NO4S. The molecule has 0 radical (unpaired) electrons. The van der Waals surface area contributed by atoms with Gasteiger partial charge in [0.05, 0.1) is 16.5 Å². The molecule has 2 aromatic rings. The minimum atomic E-state index is -0.277. The summed E-state index contributed by atoms with van der Waals surface area (Å²) in [7, 11) is 0. The number of thioether (sulfide) groups is 1. The zero-order valence-electron chi connectivity index (χ0n) is 17.3. The van der Waals surface area contributed by atoms with E-state index in [-0.39, 0.29) is 11.1 Å². The molecule has 3 rings (SSSR count). The highest BCUT2D eigenvalue weighted by atomic mass is 35.5. The molecule has 0 unspecified atom stereocenters. The van der Waals surface area contributed by atoms with Crippen LogP contribution in [0.1, 0.15) is 37.8 Å². The van der Waals surface area contributed by atoms with Crippen molar-refractivity contribution in [3.8, 4) is 11.5 Å². The predicted octanol–water partition coefficient (Wildman–Crippen LogP) is 6.81. The number of halogens is 2. The SMILES string of the molecule is CCCCN1C(=O)S/C(=C\c2cc(Cl)c(OCc3ccc(Cl)cc3)c(OCC)c2)C1=O. The number of nitrogens with zero attached hydrogens (tertiary/aromatic N) is 1. The molecule has 8 heteroatoms. The van der Waals surface area contributed by atoms with E-state index in [1.165, 1.54) is 4.90 Å². The highest BCUT2D eigenvalue weighted by Gasteiger charge is 2.34. The highest BCUT2D eigenvalue weighted by molar-refractivity contribution is 8.18. The van der Waals surface area contributed by atoms with Gasteiger partial charge in [0.15, 0.2) is 11.5 Å². The van der Waals surface area contributed by atoms with E-state index in [2.05, 4.69) is 0 Å². The van der Waals surface area contributed by atoms with Crippen molar-refractivity contribution in [1.29, 1.82) is 0 Å². The molecule has 0 N–H and O–H groups in total. The Morgan fingerprint density at radius 2 is 1.81 bits per heavy atom. The number of unbranched alkanes of at least 4 members (excludes halogenated alkanes) is 1. The number of amides is 2. The smallest absolute Gasteiger partial charge is 0.293 e. The van der Waals surface area contributed by atoms with Crippen molar-refractivity contribution >= 4 is 52.2 Å². The molecule has 0 aromatic heterocycles. The van der Waals surface area contributed by atoms with E-state index in [1.807, 2.05) is 26.0 Å². The fourth-order valence-electron chi connectivity index (χ4n) is 2.97. The maximum atomic E-state index is 12.6. The van der Waals surface area contributed by atoms with Crippen molar-refractivity contribution in [3.05, 3.63) is 62.5 Å². The van der Waals surface area contributed by atoms with Gasteiger partial charge in [-0.15, -0.1) is 0 Å². The molecule has 2 aromatic carbocycles. The average Bonchev–Trinajstić information content (AvgIpc) is 3.00. The van der Waals surface area contributed by atoms with Gasteiger partial charge in [-0.2, -0.15) is 0 Å². The first-order valence-electron chi connectivity index (χ1n) is 10.0. The second-order valence-electron chi connectivity index (χ2n) is 6.87. The van der Waals surface area contributed by atoms with Crippen LogP contribution < -0.4 is 9.47 Å². The second kappa shape index (κ2) is 10.9. The molecule has 31 heavy (non-hydrogen) atoms. The third kappa shape index (κ3) is 5.97. The van der Waals surface area contributed by atoms with Gasteiger partial charge in [0.25, 0.3) is 11.1 Å². The van der Waals surface area contributed by atoms with Crippen LogP contribution >= 0.6 is 35.0 Å². The van der Waals surface area contributed by atoms with Crippen LogP contribution in [0.5, 0.6) is 11.5 Å². The van der Waals surface area contributed by atoms with Gasteiger partial charge in [0, 0.05) is 11.6 Å². The van der Waals surface area contributed by atoms with Crippen LogP contribution in [0.2, 0.25) is 10.0 Å². The van der Waals surface area contributed by atoms with Crippen LogP contribution in [0.15, 0.2) is 41.3 Å². The highest BCUT2D eigenvalue weighted by Crippen LogP contribution is 2.39. The number of carbonyl (C=O) groups is 2. The van der Waals surface area contributed by atoms with Crippen molar-refractivity contribution in [2.75, 3.05) is 13.2 Å². The van der Waals surface area contributed by atoms with Crippen LogP contribution in [0.3, 0.4) is 0 Å². The number of carbonyl (C=O) groups excluding carboxylic acids is 2. The van der Waals surface area contributed by atoms with E-state index in [0.29, 0.717) is 51.8 Å². The summed E-state index contributed by atoms with van der Waals surface area (Å²) >= 11 is 13.3. The zero-order valence-corrected chi connectivity index (χ0v) is 19.6. The minimum absolute atomic E-state index is 0.247. The van der Waals surface area contributed by atoms with E-state index in [1.54, 1.807) is 30.3 Å². The Morgan fingerprint density at radius 3 is 2.48 bits per heavy atom. The quantitative estimate of drug-likeness (QED) is 0.369. The summed E-state index contributed by atoms with van der Waals surface area (Å²) in [5, 5.41) is 0.764. The molecule has 0 spiro atoms. The lowest BCUT2D eigenvalue weighted by molar-refractivity contribution is -0.122. The Bertz CT molecular complexity index is 992. The molecule has 0 atom stereocenters. The molecule has 1 saturated heterocycles. The van der Waals surface area contributed by atoms with Crippen LogP contribution in [0.25, 0.3) is 6.08 Å². The maximum absolute atomic E-state index is 12.6. The molecule has 5 nitrogen and oxygen atoms in total. The van der Waals surface area contributed by atoms with Gasteiger partial charge in [0.2, 0.25) is 0 Å². The number of ether oxygens (including phenoxy) is 2. The Morgan fingerprint density at radius 1 is 1.06 bits per heavy atom. The normalized spacial score (nSPS) is 15.1. The topological polar surface area (TPSA) is 55.8 Å². The van der Waals surface area contributed by atoms with Crippen molar-refractivity contribution in [2.45, 2.75) is 33.3 Å². The van der Waals surface area contributed by atoms with Gasteiger partial charge < -0.3 is 9.47 Å². The van der Waals surface area contributed by atoms with Crippen LogP contribution in [0.4, 0.5) is 4.79 Å². The van der Waals surface area contributed by atoms with Crippen molar-refractivity contribution in [1.82, 2.24) is 4.90 Å². The number of imide groups is 1. The summed E-state index contributed by atoms with van der Waals surface area (Å²) in [5.41, 5.74) is 1.60. The maximum Gasteiger partial charge on any atom is 0.293 e. The molecule has 2 amide bonds. The van der Waals surface area contributed by atoms with Gasteiger partial charge in [-0.25, -0.2) is 0 Å². The third-order valence-corrected chi connectivity index (χ3v) is 5.97. The van der Waals surface area contributed by atoms with Crippen LogP contribution in [-0.2, 0) is 11.4 Å². The standard InChI is InChI=1S/C23H23Cl2NO4S/c1-3-5-10-26-22(27)20(31-23(26)28)13-16-11-18(25)21(19(12-16)29-4-2)30-14-15-6-8-17(24)9-7-15/h6-9,11-13H,3-5,10,14H2,1-2H3/b20-13-. The molecule has 0 bridgehead atoms. The lowest BCUT2D eigenvalue weighted by Crippen LogP contribution is -2.29. The monoisotopic (exact) mass is 479 g/mol. The molecule has 164 valence electrons. The van der Waals surface area contributed by atoms with Gasteiger partial charge in [-0.05, 0) is 66.6 Å². The molecule has 1 aliphatic heterocycles.